The Morgan fingerprint density at radius 1 is 1.35 bits per heavy atom. The van der Waals surface area contributed by atoms with Crippen LogP contribution < -0.4 is 10.2 Å². The summed E-state index contributed by atoms with van der Waals surface area (Å²) >= 11 is 0. The fourth-order valence-electron chi connectivity index (χ4n) is 1.69. The number of rotatable bonds is 6. The van der Waals surface area contributed by atoms with E-state index in [-0.39, 0.29) is 0 Å². The van der Waals surface area contributed by atoms with Gasteiger partial charge in [0, 0.05) is 25.8 Å². The first-order valence-corrected chi connectivity index (χ1v) is 6.42. The molecule has 1 aromatic rings. The highest BCUT2D eigenvalue weighted by Gasteiger charge is 2.04. The lowest BCUT2D eigenvalue weighted by Gasteiger charge is -2.17. The van der Waals surface area contributed by atoms with E-state index in [1.807, 2.05) is 0 Å². The fraction of sp³-hybridized carbons (Fsp3) is 0.643. The second-order valence-electron chi connectivity index (χ2n) is 5.01. The molecule has 0 spiro atoms. The highest BCUT2D eigenvalue weighted by atomic mass is 15.2. The molecular weight excluding hydrogens is 210 g/mol. The molecule has 0 aliphatic carbocycles. The molecular formula is C14H25N3. The molecule has 17 heavy (non-hydrogen) atoms. The molecule has 0 atom stereocenters. The van der Waals surface area contributed by atoms with Gasteiger partial charge in [-0.1, -0.05) is 13.8 Å². The van der Waals surface area contributed by atoms with Gasteiger partial charge in [-0.05, 0) is 44.0 Å². The van der Waals surface area contributed by atoms with Gasteiger partial charge >= 0.3 is 0 Å². The third-order valence-corrected chi connectivity index (χ3v) is 2.75. The van der Waals surface area contributed by atoms with Crippen molar-refractivity contribution in [3.8, 4) is 0 Å². The molecule has 0 aliphatic rings. The zero-order chi connectivity index (χ0) is 12.8. The van der Waals surface area contributed by atoms with Crippen LogP contribution in [0.2, 0.25) is 0 Å². The maximum atomic E-state index is 4.55. The quantitative estimate of drug-likeness (QED) is 0.821. The largest absolute Gasteiger partial charge is 0.360 e. The van der Waals surface area contributed by atoms with Gasteiger partial charge in [0.1, 0.15) is 5.82 Å². The molecule has 1 aromatic heterocycles. The first-order chi connectivity index (χ1) is 8.02. The fourth-order valence-corrected chi connectivity index (χ4v) is 1.69. The SMILES string of the molecule is CCN(C)c1cc(CNCC(C)C)cc(C)n1. The van der Waals surface area contributed by atoms with Crippen LogP contribution in [0.15, 0.2) is 12.1 Å². The van der Waals surface area contributed by atoms with Crippen molar-refractivity contribution in [2.75, 3.05) is 25.0 Å². The maximum Gasteiger partial charge on any atom is 0.128 e. The van der Waals surface area contributed by atoms with E-state index in [1.54, 1.807) is 0 Å². The summed E-state index contributed by atoms with van der Waals surface area (Å²) in [5, 5.41) is 3.47. The molecule has 3 heteroatoms. The van der Waals surface area contributed by atoms with Crippen LogP contribution in [0, 0.1) is 12.8 Å². The first kappa shape index (κ1) is 14.0. The van der Waals surface area contributed by atoms with Crippen LogP contribution in [0.25, 0.3) is 0 Å². The van der Waals surface area contributed by atoms with Crippen LogP contribution in [-0.2, 0) is 6.54 Å². The van der Waals surface area contributed by atoms with Crippen LogP contribution in [-0.4, -0.2) is 25.1 Å². The predicted octanol–water partition coefficient (Wildman–Crippen LogP) is 2.59. The highest BCUT2D eigenvalue weighted by molar-refractivity contribution is 5.41. The first-order valence-electron chi connectivity index (χ1n) is 6.42. The molecule has 96 valence electrons. The maximum absolute atomic E-state index is 4.55. The number of hydrogen-bond donors (Lipinski definition) is 1. The summed E-state index contributed by atoms with van der Waals surface area (Å²) in [7, 11) is 2.08. The minimum Gasteiger partial charge on any atom is -0.360 e. The van der Waals surface area contributed by atoms with E-state index in [9.17, 15) is 0 Å². The predicted molar refractivity (Wildman–Crippen MR) is 74.5 cm³/mol. The Bertz CT molecular complexity index is 347. The second kappa shape index (κ2) is 6.60. The highest BCUT2D eigenvalue weighted by Crippen LogP contribution is 2.13. The average Bonchev–Trinajstić information content (AvgIpc) is 2.26. The molecule has 0 saturated heterocycles. The van der Waals surface area contributed by atoms with Gasteiger partial charge in [-0.3, -0.25) is 0 Å². The summed E-state index contributed by atoms with van der Waals surface area (Å²) in [6, 6.07) is 4.32. The van der Waals surface area contributed by atoms with E-state index in [0.29, 0.717) is 5.92 Å². The Morgan fingerprint density at radius 3 is 2.65 bits per heavy atom. The summed E-state index contributed by atoms with van der Waals surface area (Å²) in [5.41, 5.74) is 2.40. The normalized spacial score (nSPS) is 10.9. The molecule has 0 fully saturated rings. The number of anilines is 1. The van der Waals surface area contributed by atoms with E-state index >= 15 is 0 Å². The van der Waals surface area contributed by atoms with Crippen molar-refractivity contribution in [3.63, 3.8) is 0 Å². The molecule has 0 bridgehead atoms. The molecule has 0 aliphatic heterocycles. The molecule has 1 N–H and O–H groups in total. The minimum absolute atomic E-state index is 0.690. The van der Waals surface area contributed by atoms with Gasteiger partial charge in [0.15, 0.2) is 0 Å². The topological polar surface area (TPSA) is 28.2 Å². The number of aromatic nitrogens is 1. The van der Waals surface area contributed by atoms with Gasteiger partial charge < -0.3 is 10.2 Å². The third-order valence-electron chi connectivity index (χ3n) is 2.75. The number of hydrogen-bond acceptors (Lipinski definition) is 3. The van der Waals surface area contributed by atoms with E-state index in [1.165, 1.54) is 5.56 Å². The summed E-state index contributed by atoms with van der Waals surface area (Å²) in [5.74, 6) is 1.75. The van der Waals surface area contributed by atoms with Gasteiger partial charge in [-0.2, -0.15) is 0 Å². The molecule has 0 amide bonds. The second-order valence-corrected chi connectivity index (χ2v) is 5.01. The Kier molecular flexibility index (Phi) is 5.42. The summed E-state index contributed by atoms with van der Waals surface area (Å²) in [6.07, 6.45) is 0. The molecule has 0 saturated carbocycles. The Labute approximate surface area is 105 Å². The van der Waals surface area contributed by atoms with Crippen molar-refractivity contribution >= 4 is 5.82 Å². The van der Waals surface area contributed by atoms with Gasteiger partial charge in [0.05, 0.1) is 0 Å². The molecule has 1 rings (SSSR count). The molecule has 0 unspecified atom stereocenters. The van der Waals surface area contributed by atoms with Gasteiger partial charge in [-0.15, -0.1) is 0 Å². The zero-order valence-electron chi connectivity index (χ0n) is 11.7. The lowest BCUT2D eigenvalue weighted by atomic mass is 10.2. The van der Waals surface area contributed by atoms with E-state index in [4.69, 9.17) is 0 Å². The van der Waals surface area contributed by atoms with Crippen LogP contribution >= 0.6 is 0 Å². The van der Waals surface area contributed by atoms with Crippen molar-refractivity contribution in [3.05, 3.63) is 23.4 Å². The van der Waals surface area contributed by atoms with E-state index in [0.717, 1.165) is 31.1 Å². The van der Waals surface area contributed by atoms with Crippen molar-refractivity contribution in [1.82, 2.24) is 10.3 Å². The number of nitrogens with one attached hydrogen (secondary N) is 1. The van der Waals surface area contributed by atoms with Crippen molar-refractivity contribution < 1.29 is 0 Å². The lowest BCUT2D eigenvalue weighted by Crippen LogP contribution is -2.21. The van der Waals surface area contributed by atoms with Crippen LogP contribution in [0.4, 0.5) is 5.82 Å². The lowest BCUT2D eigenvalue weighted by molar-refractivity contribution is 0.552. The number of nitrogens with zero attached hydrogens (tertiary/aromatic N) is 2. The van der Waals surface area contributed by atoms with E-state index in [2.05, 4.69) is 62.1 Å². The summed E-state index contributed by atoms with van der Waals surface area (Å²) in [4.78, 5) is 6.71. The van der Waals surface area contributed by atoms with Gasteiger partial charge in [0.2, 0.25) is 0 Å². The molecule has 0 aromatic carbocycles. The summed E-state index contributed by atoms with van der Waals surface area (Å²) < 4.78 is 0. The number of pyridine rings is 1. The van der Waals surface area contributed by atoms with Gasteiger partial charge in [-0.25, -0.2) is 4.98 Å². The number of aryl methyl sites for hydroxylation is 1. The van der Waals surface area contributed by atoms with Gasteiger partial charge in [0.25, 0.3) is 0 Å². The van der Waals surface area contributed by atoms with Crippen molar-refractivity contribution in [2.45, 2.75) is 34.2 Å². The molecule has 0 radical (unpaired) electrons. The Morgan fingerprint density at radius 2 is 2.06 bits per heavy atom. The Hall–Kier alpha value is -1.09. The third kappa shape index (κ3) is 4.73. The molecule has 1 heterocycles. The molecule has 3 nitrogen and oxygen atoms in total. The standard InChI is InChI=1S/C14H25N3/c1-6-17(5)14-8-13(7-12(4)16-14)10-15-9-11(2)3/h7-8,11,15H,6,9-10H2,1-5H3. The van der Waals surface area contributed by atoms with Crippen LogP contribution in [0.5, 0.6) is 0 Å². The smallest absolute Gasteiger partial charge is 0.128 e. The minimum atomic E-state index is 0.690. The summed E-state index contributed by atoms with van der Waals surface area (Å²) in [6.45, 7) is 11.6. The van der Waals surface area contributed by atoms with Crippen LogP contribution in [0.3, 0.4) is 0 Å². The van der Waals surface area contributed by atoms with Crippen molar-refractivity contribution in [2.24, 2.45) is 5.92 Å². The zero-order valence-corrected chi connectivity index (χ0v) is 11.7. The monoisotopic (exact) mass is 235 g/mol. The van der Waals surface area contributed by atoms with Crippen LogP contribution in [0.1, 0.15) is 32.0 Å². The average molecular weight is 235 g/mol. The Balaban J connectivity index is 2.69. The van der Waals surface area contributed by atoms with E-state index < -0.39 is 0 Å². The van der Waals surface area contributed by atoms with Crippen molar-refractivity contribution in [1.29, 1.82) is 0 Å².